The molecule has 49 heavy (non-hydrogen) atoms. The van der Waals surface area contributed by atoms with Crippen LogP contribution in [0.1, 0.15) is 56.5 Å². The third-order valence-corrected chi connectivity index (χ3v) is 12.1. The summed E-state index contributed by atoms with van der Waals surface area (Å²) in [5.41, 5.74) is 4.22. The molecule has 2 aromatic rings. The number of carbonyl (C=O) groups is 2. The molecular formula is C38H55N5O6. The van der Waals surface area contributed by atoms with Crippen molar-refractivity contribution in [2.45, 2.75) is 71.4 Å². The minimum absolute atomic E-state index is 0.00625. The summed E-state index contributed by atoms with van der Waals surface area (Å²) in [6.45, 7) is 11.3. The number of hydroxylamine groups is 2. The van der Waals surface area contributed by atoms with Crippen LogP contribution >= 0.6 is 0 Å². The minimum atomic E-state index is -0.886. The zero-order valence-corrected chi connectivity index (χ0v) is 30.1. The van der Waals surface area contributed by atoms with E-state index < -0.39 is 24.2 Å². The number of nitrogens with one attached hydrogen (secondary N) is 2. The smallest absolute Gasteiger partial charge is 0.254 e. The second-order valence-electron chi connectivity index (χ2n) is 15.4. The van der Waals surface area contributed by atoms with Gasteiger partial charge in [-0.25, -0.2) is 0 Å². The van der Waals surface area contributed by atoms with Crippen molar-refractivity contribution in [1.29, 1.82) is 0 Å². The highest BCUT2D eigenvalue weighted by molar-refractivity contribution is 5.97. The fourth-order valence-corrected chi connectivity index (χ4v) is 9.03. The van der Waals surface area contributed by atoms with Crippen LogP contribution in [0.4, 0.5) is 5.69 Å². The van der Waals surface area contributed by atoms with Crippen LogP contribution < -0.4 is 20.3 Å². The monoisotopic (exact) mass is 677 g/mol. The molecule has 8 atom stereocenters. The summed E-state index contributed by atoms with van der Waals surface area (Å²) in [5, 5.41) is 29.5. The average molecular weight is 678 g/mol. The number of benzene rings is 2. The highest BCUT2D eigenvalue weighted by atomic mass is 16.7. The van der Waals surface area contributed by atoms with Gasteiger partial charge in [-0.3, -0.25) is 14.4 Å². The molecular weight excluding hydrogens is 622 g/mol. The minimum Gasteiger partial charge on any atom is -0.496 e. The van der Waals surface area contributed by atoms with Gasteiger partial charge in [0.25, 0.3) is 5.91 Å². The zero-order valence-electron chi connectivity index (χ0n) is 30.1. The molecule has 0 radical (unpaired) electrons. The Morgan fingerprint density at radius 3 is 2.51 bits per heavy atom. The van der Waals surface area contributed by atoms with Gasteiger partial charge in [0.05, 0.1) is 26.4 Å². The lowest BCUT2D eigenvalue weighted by Crippen LogP contribution is -2.62. The molecule has 0 aromatic heterocycles. The van der Waals surface area contributed by atoms with Gasteiger partial charge in [-0.1, -0.05) is 39.0 Å². The molecule has 2 aromatic carbocycles. The molecule has 3 saturated carbocycles. The summed E-state index contributed by atoms with van der Waals surface area (Å²) in [6.07, 6.45) is 0.522. The lowest BCUT2D eigenvalue weighted by Gasteiger charge is -2.62. The molecule has 3 aliphatic carbocycles. The Morgan fingerprint density at radius 2 is 1.90 bits per heavy atom. The predicted molar refractivity (Wildman–Crippen MR) is 189 cm³/mol. The van der Waals surface area contributed by atoms with E-state index in [0.717, 1.165) is 41.9 Å². The highest BCUT2D eigenvalue weighted by Crippen LogP contribution is 2.61. The van der Waals surface area contributed by atoms with Crippen molar-refractivity contribution in [3.05, 3.63) is 47.5 Å². The first-order chi connectivity index (χ1) is 23.3. The summed E-state index contributed by atoms with van der Waals surface area (Å²) in [4.78, 5) is 37.9. The number of hydrogen-bond acceptors (Lipinski definition) is 9. The SMILES string of the molecule is COc1c(CN2O[C@@H](CO)[C@@H]([C@H](C)O)[C@H]2C(=O)N[C@H]2C[C@H]3C[C@@H]([C@@H]2C)C3(C)C)cccc1-c1cc(C(=O)N2CCNCC2)cc(N(C)C)c1. The molecule has 2 bridgehead atoms. The van der Waals surface area contributed by atoms with Gasteiger partial charge in [0.2, 0.25) is 5.91 Å². The van der Waals surface area contributed by atoms with Gasteiger partial charge in [-0.05, 0) is 66.7 Å². The van der Waals surface area contributed by atoms with Gasteiger partial charge in [0.1, 0.15) is 17.9 Å². The molecule has 11 nitrogen and oxygen atoms in total. The van der Waals surface area contributed by atoms with Crippen molar-refractivity contribution < 1.29 is 29.4 Å². The Hall–Kier alpha value is -3.22. The van der Waals surface area contributed by atoms with Crippen LogP contribution in [0.3, 0.4) is 0 Å². The molecule has 268 valence electrons. The van der Waals surface area contributed by atoms with E-state index in [1.807, 2.05) is 60.3 Å². The van der Waals surface area contributed by atoms with Gasteiger partial charge in [0, 0.05) is 74.6 Å². The first-order valence-corrected chi connectivity index (χ1v) is 17.9. The van der Waals surface area contributed by atoms with Crippen molar-refractivity contribution >= 4 is 17.5 Å². The lowest BCUT2D eigenvalue weighted by atomic mass is 9.45. The van der Waals surface area contributed by atoms with Crippen molar-refractivity contribution in [1.82, 2.24) is 20.6 Å². The maximum absolute atomic E-state index is 14.2. The molecule has 4 N–H and O–H groups in total. The second kappa shape index (κ2) is 14.2. The number of fused-ring (bicyclic) bond motifs is 2. The summed E-state index contributed by atoms with van der Waals surface area (Å²) >= 11 is 0. The Kier molecular flexibility index (Phi) is 10.3. The number of ether oxygens (including phenoxy) is 1. The van der Waals surface area contributed by atoms with Crippen molar-refractivity contribution in [3.8, 4) is 16.9 Å². The van der Waals surface area contributed by atoms with E-state index in [1.54, 1.807) is 19.1 Å². The standard InChI is InChI=1S/C38H55N5O6/c1-22-30-18-27(38(30,3)4)19-31(22)40-36(46)34-33(23(2)45)32(21-44)49-43(34)20-24-9-8-10-29(35(24)48-7)25-15-26(17-28(16-25)41(5)6)37(47)42-13-11-39-12-14-42/h8-10,15-17,22-23,27,30-34,39,44-45H,11-14,18-21H2,1-7H3,(H,40,46)/t22-,23-,27+,30-,31-,32-,33+,34-/m0/s1. The number of hydrogen-bond donors (Lipinski definition) is 4. The molecule has 2 aliphatic heterocycles. The van der Waals surface area contributed by atoms with Crippen LogP contribution in [0.25, 0.3) is 11.1 Å². The largest absolute Gasteiger partial charge is 0.496 e. The second-order valence-corrected chi connectivity index (χ2v) is 15.4. The van der Waals surface area contributed by atoms with Gasteiger partial charge >= 0.3 is 0 Å². The Labute approximate surface area is 290 Å². The van der Waals surface area contributed by atoms with E-state index in [0.29, 0.717) is 47.6 Å². The van der Waals surface area contributed by atoms with Gasteiger partial charge < -0.3 is 35.4 Å². The molecule has 2 amide bonds. The van der Waals surface area contributed by atoms with E-state index in [9.17, 15) is 19.8 Å². The summed E-state index contributed by atoms with van der Waals surface area (Å²) < 4.78 is 6.05. The van der Waals surface area contributed by atoms with E-state index in [1.165, 1.54) is 6.42 Å². The number of piperazine rings is 1. The fraction of sp³-hybridized carbons (Fsp3) is 0.632. The number of para-hydroxylation sites is 1. The van der Waals surface area contributed by atoms with Crippen molar-refractivity contribution in [2.24, 2.45) is 29.1 Å². The fourth-order valence-electron chi connectivity index (χ4n) is 9.03. The zero-order chi connectivity index (χ0) is 35.2. The van der Waals surface area contributed by atoms with Crippen LogP contribution in [0.5, 0.6) is 5.75 Å². The van der Waals surface area contributed by atoms with E-state index in [4.69, 9.17) is 9.57 Å². The molecule has 11 heteroatoms. The summed E-state index contributed by atoms with van der Waals surface area (Å²) in [6, 6.07) is 11.0. The van der Waals surface area contributed by atoms with E-state index in [2.05, 4.69) is 31.4 Å². The number of amides is 2. The Bertz CT molecular complexity index is 1520. The van der Waals surface area contributed by atoms with Gasteiger partial charge in [0.15, 0.2) is 0 Å². The predicted octanol–water partition coefficient (Wildman–Crippen LogP) is 3.13. The molecule has 5 aliphatic rings. The third-order valence-electron chi connectivity index (χ3n) is 12.1. The summed E-state index contributed by atoms with van der Waals surface area (Å²) in [5.74, 6) is 1.27. The van der Waals surface area contributed by atoms with Crippen molar-refractivity contribution in [2.75, 3.05) is 58.9 Å². The lowest BCUT2D eigenvalue weighted by molar-refractivity contribution is -0.183. The highest BCUT2D eigenvalue weighted by Gasteiger charge is 2.57. The molecule has 2 saturated heterocycles. The van der Waals surface area contributed by atoms with Gasteiger partial charge in [-0.15, -0.1) is 0 Å². The Balaban J connectivity index is 1.30. The maximum atomic E-state index is 14.2. The number of nitrogens with zero attached hydrogens (tertiary/aromatic N) is 3. The molecule has 0 unspecified atom stereocenters. The van der Waals surface area contributed by atoms with Crippen LogP contribution in [0.15, 0.2) is 36.4 Å². The molecule has 5 fully saturated rings. The van der Waals surface area contributed by atoms with Crippen molar-refractivity contribution in [3.63, 3.8) is 0 Å². The average Bonchev–Trinajstić information content (AvgIpc) is 3.47. The van der Waals surface area contributed by atoms with Crippen LogP contribution in [0.2, 0.25) is 0 Å². The first-order valence-electron chi connectivity index (χ1n) is 17.9. The number of methoxy groups -OCH3 is 1. The van der Waals surface area contributed by atoms with E-state index >= 15 is 0 Å². The molecule has 2 heterocycles. The first kappa shape index (κ1) is 35.6. The molecule has 0 spiro atoms. The third kappa shape index (κ3) is 6.68. The molecule has 7 rings (SSSR count). The van der Waals surface area contributed by atoms with Crippen LogP contribution in [-0.4, -0.2) is 110 Å². The van der Waals surface area contributed by atoms with Gasteiger partial charge in [-0.2, -0.15) is 5.06 Å². The summed E-state index contributed by atoms with van der Waals surface area (Å²) in [7, 11) is 5.53. The normalized spacial score (nSPS) is 30.0. The van der Waals surface area contributed by atoms with E-state index in [-0.39, 0.29) is 31.0 Å². The van der Waals surface area contributed by atoms with Crippen LogP contribution in [-0.2, 0) is 16.2 Å². The number of aliphatic hydroxyl groups is 2. The number of rotatable bonds is 10. The Morgan fingerprint density at radius 1 is 1.16 bits per heavy atom. The number of aliphatic hydroxyl groups excluding tert-OH is 2. The topological polar surface area (TPSA) is 127 Å². The quantitative estimate of drug-likeness (QED) is 0.300. The van der Waals surface area contributed by atoms with Crippen LogP contribution in [0, 0.1) is 29.1 Å². The maximum Gasteiger partial charge on any atom is 0.254 e. The number of carbonyl (C=O) groups excluding carboxylic acids is 2. The number of anilines is 1.